The van der Waals surface area contributed by atoms with Crippen molar-refractivity contribution < 1.29 is 33.0 Å². The van der Waals surface area contributed by atoms with E-state index in [4.69, 9.17) is 13.8 Å². The number of aliphatic carboxylic acids is 1. The van der Waals surface area contributed by atoms with Crippen LogP contribution in [0, 0.1) is 0 Å². The Balaban J connectivity index is 1.64. The van der Waals surface area contributed by atoms with Crippen molar-refractivity contribution >= 4 is 19.7 Å². The lowest BCUT2D eigenvalue weighted by Crippen LogP contribution is -2.42. The summed E-state index contributed by atoms with van der Waals surface area (Å²) in [5.41, 5.74) is 4.31. The highest BCUT2D eigenvalue weighted by Gasteiger charge is 2.31. The zero-order chi connectivity index (χ0) is 21.7. The fourth-order valence-corrected chi connectivity index (χ4v) is 4.67. The number of benzene rings is 2. The monoisotopic (exact) mass is 433 g/mol. The second-order valence-electron chi connectivity index (χ2n) is 6.85. The van der Waals surface area contributed by atoms with Crippen molar-refractivity contribution in [2.24, 2.45) is 0 Å². The van der Waals surface area contributed by atoms with Crippen LogP contribution in [0.15, 0.2) is 48.5 Å². The molecule has 160 valence electrons. The van der Waals surface area contributed by atoms with E-state index >= 15 is 0 Å². The van der Waals surface area contributed by atoms with E-state index in [1.54, 1.807) is 0 Å². The number of rotatable bonds is 9. The molecule has 0 saturated heterocycles. The first-order valence-electron chi connectivity index (χ1n) is 9.43. The number of fused-ring (bicyclic) bond motifs is 3. The summed E-state index contributed by atoms with van der Waals surface area (Å²) in [5.74, 6) is -1.39. The number of ether oxygens (including phenoxy) is 1. The topological polar surface area (TPSA) is 111 Å². The second kappa shape index (κ2) is 9.43. The Labute approximate surface area is 174 Å². The molecule has 0 saturated carbocycles. The molecule has 0 radical (unpaired) electrons. The van der Waals surface area contributed by atoms with E-state index < -0.39 is 25.7 Å². The van der Waals surface area contributed by atoms with Crippen LogP contribution in [-0.2, 0) is 23.1 Å². The first-order valence-corrected chi connectivity index (χ1v) is 11.2. The fourth-order valence-electron chi connectivity index (χ4n) is 3.58. The number of carbonyl (C=O) groups is 2. The molecule has 9 heteroatoms. The van der Waals surface area contributed by atoms with Crippen LogP contribution in [-0.4, -0.2) is 50.2 Å². The number of alkyl carbamates (subject to hydrolysis) is 1. The Kier molecular flexibility index (Phi) is 6.92. The van der Waals surface area contributed by atoms with Crippen LogP contribution in [0.3, 0.4) is 0 Å². The summed E-state index contributed by atoms with van der Waals surface area (Å²) in [5, 5.41) is 11.7. The van der Waals surface area contributed by atoms with E-state index in [0.717, 1.165) is 22.3 Å². The number of hydrogen-bond donors (Lipinski definition) is 2. The number of amides is 1. The van der Waals surface area contributed by atoms with Crippen molar-refractivity contribution in [1.29, 1.82) is 0 Å². The summed E-state index contributed by atoms with van der Waals surface area (Å²) in [6.45, 7) is 0.0703. The molecule has 0 spiro atoms. The smallest absolute Gasteiger partial charge is 0.407 e. The molecule has 2 N–H and O–H groups in total. The van der Waals surface area contributed by atoms with Crippen LogP contribution in [0.2, 0.25) is 0 Å². The molecule has 0 fully saturated rings. The summed E-state index contributed by atoms with van der Waals surface area (Å²) in [7, 11) is -0.937. The van der Waals surface area contributed by atoms with Crippen LogP contribution < -0.4 is 5.32 Å². The van der Waals surface area contributed by atoms with E-state index in [1.165, 1.54) is 14.2 Å². The maximum absolute atomic E-state index is 12.3. The molecule has 2 aromatic rings. The number of carboxylic acids is 1. The van der Waals surface area contributed by atoms with Crippen molar-refractivity contribution in [2.75, 3.05) is 27.0 Å². The van der Waals surface area contributed by atoms with Crippen LogP contribution in [0.1, 0.15) is 23.5 Å². The number of hydrogen-bond acceptors (Lipinski definition) is 6. The summed E-state index contributed by atoms with van der Waals surface area (Å²) in [6.07, 6.45) is -1.13. The Bertz CT molecular complexity index is 924. The molecule has 1 atom stereocenters. The molecule has 0 heterocycles. The Morgan fingerprint density at radius 3 is 2.07 bits per heavy atom. The molecule has 0 aromatic heterocycles. The predicted molar refractivity (Wildman–Crippen MR) is 111 cm³/mol. The third-order valence-corrected chi connectivity index (χ3v) is 7.10. The van der Waals surface area contributed by atoms with Gasteiger partial charge in [-0.25, -0.2) is 9.59 Å². The SMILES string of the molecule is COP(=O)(CC[C@H](NC(=O)OCC1c2ccccc2-c2ccccc21)C(=O)O)OC. The zero-order valence-corrected chi connectivity index (χ0v) is 17.6. The molecule has 1 aliphatic carbocycles. The Morgan fingerprint density at radius 1 is 1.03 bits per heavy atom. The second-order valence-corrected chi connectivity index (χ2v) is 9.25. The Morgan fingerprint density at radius 2 is 1.57 bits per heavy atom. The summed E-state index contributed by atoms with van der Waals surface area (Å²) in [4.78, 5) is 23.7. The normalized spacial score (nSPS) is 13.9. The van der Waals surface area contributed by atoms with Crippen LogP contribution >= 0.6 is 7.60 Å². The van der Waals surface area contributed by atoms with Crippen LogP contribution in [0.5, 0.6) is 0 Å². The van der Waals surface area contributed by atoms with E-state index in [2.05, 4.69) is 5.32 Å². The van der Waals surface area contributed by atoms with Gasteiger partial charge in [0.15, 0.2) is 0 Å². The average molecular weight is 433 g/mol. The molecule has 2 aromatic carbocycles. The van der Waals surface area contributed by atoms with Crippen molar-refractivity contribution in [3.63, 3.8) is 0 Å². The van der Waals surface area contributed by atoms with Crippen molar-refractivity contribution in [3.05, 3.63) is 59.7 Å². The molecule has 8 nitrogen and oxygen atoms in total. The van der Waals surface area contributed by atoms with E-state index in [-0.39, 0.29) is 25.1 Å². The van der Waals surface area contributed by atoms with Gasteiger partial charge in [0.25, 0.3) is 0 Å². The lowest BCUT2D eigenvalue weighted by molar-refractivity contribution is -0.139. The minimum Gasteiger partial charge on any atom is -0.480 e. The molecule has 30 heavy (non-hydrogen) atoms. The highest BCUT2D eigenvalue weighted by atomic mass is 31.2. The first-order chi connectivity index (χ1) is 14.4. The van der Waals surface area contributed by atoms with Crippen molar-refractivity contribution in [2.45, 2.75) is 18.4 Å². The maximum Gasteiger partial charge on any atom is 0.407 e. The van der Waals surface area contributed by atoms with Gasteiger partial charge >= 0.3 is 19.7 Å². The van der Waals surface area contributed by atoms with Crippen LogP contribution in [0.4, 0.5) is 4.79 Å². The van der Waals surface area contributed by atoms with Gasteiger partial charge < -0.3 is 24.2 Å². The fraction of sp³-hybridized carbons (Fsp3) is 0.333. The van der Waals surface area contributed by atoms with Gasteiger partial charge in [0, 0.05) is 20.1 Å². The standard InChI is InChI=1S/C21H24NO7P/c1-27-30(26,28-2)12-11-19(20(23)24)22-21(25)29-13-18-16-9-5-3-7-14(16)15-8-4-6-10-17(15)18/h3-10,18-19H,11-13H2,1-2H3,(H,22,25)(H,23,24)/t19-/m0/s1. The Hall–Kier alpha value is -2.67. The van der Waals surface area contributed by atoms with Gasteiger partial charge in [-0.1, -0.05) is 48.5 Å². The molecule has 0 unspecified atom stereocenters. The van der Waals surface area contributed by atoms with Gasteiger partial charge in [-0.2, -0.15) is 0 Å². The third kappa shape index (κ3) is 4.73. The third-order valence-electron chi connectivity index (χ3n) is 5.18. The van der Waals surface area contributed by atoms with Gasteiger partial charge in [-0.05, 0) is 28.7 Å². The number of carbonyl (C=O) groups excluding carboxylic acids is 1. The van der Waals surface area contributed by atoms with E-state index in [0.29, 0.717) is 0 Å². The van der Waals surface area contributed by atoms with E-state index in [1.807, 2.05) is 48.5 Å². The minimum atomic E-state index is -3.38. The molecular weight excluding hydrogens is 409 g/mol. The first kappa shape index (κ1) is 22.0. The van der Waals surface area contributed by atoms with Crippen LogP contribution in [0.25, 0.3) is 11.1 Å². The van der Waals surface area contributed by atoms with Crippen molar-refractivity contribution in [3.8, 4) is 11.1 Å². The van der Waals surface area contributed by atoms with Gasteiger partial charge in [0.1, 0.15) is 12.6 Å². The van der Waals surface area contributed by atoms with Gasteiger partial charge in [0.2, 0.25) is 0 Å². The van der Waals surface area contributed by atoms with E-state index in [9.17, 15) is 19.3 Å². The highest BCUT2D eigenvalue weighted by Crippen LogP contribution is 2.47. The van der Waals surface area contributed by atoms with Gasteiger partial charge in [-0.15, -0.1) is 0 Å². The predicted octanol–water partition coefficient (Wildman–Crippen LogP) is 3.85. The number of nitrogens with one attached hydrogen (secondary N) is 1. The summed E-state index contributed by atoms with van der Waals surface area (Å²) >= 11 is 0. The largest absolute Gasteiger partial charge is 0.480 e. The molecule has 1 amide bonds. The molecular formula is C21H24NO7P. The maximum atomic E-state index is 12.3. The van der Waals surface area contributed by atoms with Gasteiger partial charge in [-0.3, -0.25) is 4.57 Å². The highest BCUT2D eigenvalue weighted by molar-refractivity contribution is 7.53. The lowest BCUT2D eigenvalue weighted by atomic mass is 9.98. The zero-order valence-electron chi connectivity index (χ0n) is 16.7. The number of carboxylic acid groups (broad SMARTS) is 1. The lowest BCUT2D eigenvalue weighted by Gasteiger charge is -2.19. The molecule has 1 aliphatic rings. The quantitative estimate of drug-likeness (QED) is 0.578. The molecule has 0 aliphatic heterocycles. The summed E-state index contributed by atoms with van der Waals surface area (Å²) < 4.78 is 27.1. The minimum absolute atomic E-state index is 0.0703. The molecule has 0 bridgehead atoms. The molecule has 3 rings (SSSR count). The average Bonchev–Trinajstić information content (AvgIpc) is 3.08. The van der Waals surface area contributed by atoms with Gasteiger partial charge in [0.05, 0.1) is 6.16 Å². The summed E-state index contributed by atoms with van der Waals surface area (Å²) in [6, 6.07) is 14.5. The van der Waals surface area contributed by atoms with Crippen molar-refractivity contribution in [1.82, 2.24) is 5.32 Å².